The fraction of sp³-hybridized carbons (Fsp3) is 0.375. The Hall–Kier alpha value is -4.14. The van der Waals surface area contributed by atoms with Crippen LogP contribution in [-0.2, 0) is 20.9 Å². The number of benzene rings is 2. The summed E-state index contributed by atoms with van der Waals surface area (Å²) in [5, 5.41) is 7.93. The fourth-order valence-electron chi connectivity index (χ4n) is 6.07. The van der Waals surface area contributed by atoms with Gasteiger partial charge in [0, 0.05) is 48.8 Å². The molecule has 1 aromatic heterocycles. The first-order chi connectivity index (χ1) is 19.4. The molecule has 41 heavy (non-hydrogen) atoms. The van der Waals surface area contributed by atoms with E-state index in [1.807, 2.05) is 12.1 Å². The molecule has 2 aromatic carbocycles. The molecule has 0 amide bonds. The highest BCUT2D eigenvalue weighted by atomic mass is 19.1. The fourth-order valence-corrected chi connectivity index (χ4v) is 6.07. The normalized spacial score (nSPS) is 20.0. The minimum atomic E-state index is -0.748. The molecule has 3 aromatic rings. The third kappa shape index (κ3) is 5.21. The molecule has 0 fully saturated rings. The largest absolute Gasteiger partial charge is 0.487 e. The Balaban J connectivity index is 1.25. The maximum Gasteiger partial charge on any atom is 0.163 e. The van der Waals surface area contributed by atoms with Gasteiger partial charge in [0.15, 0.2) is 17.4 Å². The predicted octanol–water partition coefficient (Wildman–Crippen LogP) is 6.52. The van der Waals surface area contributed by atoms with Gasteiger partial charge in [0.2, 0.25) is 0 Å². The molecule has 0 radical (unpaired) electrons. The first-order valence-electron chi connectivity index (χ1n) is 13.7. The number of Topliss-reactive ketones (excluding diaryl/α,β-unsaturated/α-hetero) is 2. The summed E-state index contributed by atoms with van der Waals surface area (Å²) in [5.74, 6) is 0.0653. The summed E-state index contributed by atoms with van der Waals surface area (Å²) in [6.07, 6.45) is 3.59. The third-order valence-corrected chi connectivity index (χ3v) is 7.88. The van der Waals surface area contributed by atoms with Crippen LogP contribution in [-0.4, -0.2) is 26.6 Å². The average Bonchev–Trinajstić information content (AvgIpc) is 3.34. The van der Waals surface area contributed by atoms with Gasteiger partial charge >= 0.3 is 0 Å². The van der Waals surface area contributed by atoms with E-state index in [0.717, 1.165) is 17.7 Å². The van der Waals surface area contributed by atoms with Gasteiger partial charge in [-0.25, -0.2) is 13.5 Å². The summed E-state index contributed by atoms with van der Waals surface area (Å²) in [6, 6.07) is 10.6. The van der Waals surface area contributed by atoms with Crippen molar-refractivity contribution >= 4 is 11.6 Å². The first-order valence-corrected chi connectivity index (χ1v) is 13.7. The van der Waals surface area contributed by atoms with Gasteiger partial charge in [0.05, 0.1) is 6.20 Å². The zero-order chi connectivity index (χ0) is 29.1. The molecule has 1 aliphatic heterocycles. The van der Waals surface area contributed by atoms with Crippen LogP contribution in [0.25, 0.3) is 5.69 Å². The molecule has 9 heteroatoms. The average molecular weight is 560 g/mol. The van der Waals surface area contributed by atoms with Crippen molar-refractivity contribution in [1.29, 1.82) is 0 Å². The number of carbonyl (C=O) groups excluding carboxylic acids is 2. The lowest BCUT2D eigenvalue weighted by Crippen LogP contribution is -2.37. The van der Waals surface area contributed by atoms with Gasteiger partial charge in [0.25, 0.3) is 0 Å². The maximum atomic E-state index is 14.1. The molecule has 2 aliphatic carbocycles. The lowest BCUT2D eigenvalue weighted by molar-refractivity contribution is -0.120. The third-order valence-electron chi connectivity index (χ3n) is 7.88. The molecule has 3 aliphatic rings. The molecule has 0 saturated carbocycles. The summed E-state index contributed by atoms with van der Waals surface area (Å²) in [7, 11) is 0. The van der Waals surface area contributed by atoms with Crippen LogP contribution in [0, 0.1) is 22.5 Å². The molecule has 6 rings (SSSR count). The second kappa shape index (κ2) is 9.75. The molecule has 0 bridgehead atoms. The number of ether oxygens (including phenoxy) is 2. The molecule has 0 saturated heterocycles. The molecule has 7 nitrogen and oxygen atoms in total. The Morgan fingerprint density at radius 2 is 1.51 bits per heavy atom. The Labute approximate surface area is 236 Å². The summed E-state index contributed by atoms with van der Waals surface area (Å²) in [6.45, 7) is 8.33. The van der Waals surface area contributed by atoms with Gasteiger partial charge in [-0.3, -0.25) is 9.59 Å². The topological polar surface area (TPSA) is 83.3 Å². The van der Waals surface area contributed by atoms with E-state index in [1.165, 1.54) is 16.9 Å². The van der Waals surface area contributed by atoms with Gasteiger partial charge in [-0.05, 0) is 40.7 Å². The number of allylic oxidation sites excluding steroid dienone is 4. The Kier molecular flexibility index (Phi) is 6.43. The highest BCUT2D eigenvalue weighted by molar-refractivity contribution is 6.06. The summed E-state index contributed by atoms with van der Waals surface area (Å²) < 4.78 is 40.8. The van der Waals surface area contributed by atoms with E-state index in [4.69, 9.17) is 9.47 Å². The molecular weight excluding hydrogens is 528 g/mol. The van der Waals surface area contributed by atoms with E-state index >= 15 is 0 Å². The molecule has 0 unspecified atom stereocenters. The van der Waals surface area contributed by atoms with Gasteiger partial charge in [-0.2, -0.15) is 0 Å². The quantitative estimate of drug-likeness (QED) is 0.354. The van der Waals surface area contributed by atoms with E-state index in [1.54, 1.807) is 12.1 Å². The monoisotopic (exact) mass is 559 g/mol. The second-order valence-electron chi connectivity index (χ2n) is 12.7. The maximum absolute atomic E-state index is 14.1. The molecule has 2 heterocycles. The van der Waals surface area contributed by atoms with Gasteiger partial charge in [-0.1, -0.05) is 45.0 Å². The number of carbonyl (C=O) groups is 2. The van der Waals surface area contributed by atoms with Gasteiger partial charge in [-0.15, -0.1) is 5.10 Å². The van der Waals surface area contributed by atoms with Crippen LogP contribution in [0.2, 0.25) is 0 Å². The van der Waals surface area contributed by atoms with Crippen LogP contribution in [0.15, 0.2) is 71.3 Å². The van der Waals surface area contributed by atoms with Crippen LogP contribution < -0.4 is 4.74 Å². The summed E-state index contributed by atoms with van der Waals surface area (Å²) in [5.41, 5.74) is 2.12. The van der Waals surface area contributed by atoms with Crippen LogP contribution in [0.3, 0.4) is 0 Å². The lowest BCUT2D eigenvalue weighted by atomic mass is 9.65. The standard InChI is InChI=1S/C32H31F2N3O4/c1-31(2)12-24(38)29-26(14-31)41-27-15-32(3,4)13-25(39)30(27)28(29)18-5-8-21(9-6-18)40-17-20-16-37(36-35-20)23-10-7-19(33)11-22(23)34/h5-11,16,28H,12-15,17H2,1-4H3. The van der Waals surface area contributed by atoms with Crippen LogP contribution in [0.5, 0.6) is 5.75 Å². The molecule has 0 atom stereocenters. The van der Waals surface area contributed by atoms with Gasteiger partial charge < -0.3 is 9.47 Å². The van der Waals surface area contributed by atoms with Crippen molar-refractivity contribution in [2.75, 3.05) is 0 Å². The van der Waals surface area contributed by atoms with Crippen molar-refractivity contribution in [1.82, 2.24) is 15.0 Å². The zero-order valence-corrected chi connectivity index (χ0v) is 23.5. The van der Waals surface area contributed by atoms with E-state index in [9.17, 15) is 18.4 Å². The van der Waals surface area contributed by atoms with Crippen LogP contribution in [0.1, 0.15) is 70.6 Å². The van der Waals surface area contributed by atoms with Gasteiger partial charge in [0.1, 0.15) is 41.1 Å². The van der Waals surface area contributed by atoms with Crippen molar-refractivity contribution in [2.45, 2.75) is 65.9 Å². The number of rotatable bonds is 5. The smallest absolute Gasteiger partial charge is 0.163 e. The molecule has 0 spiro atoms. The number of hydrogen-bond donors (Lipinski definition) is 0. The Morgan fingerprint density at radius 3 is 2.10 bits per heavy atom. The Bertz CT molecular complexity index is 1580. The number of halogens is 2. The van der Waals surface area contributed by atoms with E-state index in [-0.39, 0.29) is 34.7 Å². The molecule has 212 valence electrons. The Morgan fingerprint density at radius 1 is 0.902 bits per heavy atom. The first kappa shape index (κ1) is 27.1. The minimum absolute atomic E-state index is 0.0198. The van der Waals surface area contributed by atoms with E-state index in [0.29, 0.717) is 59.8 Å². The van der Waals surface area contributed by atoms with Crippen LogP contribution in [0.4, 0.5) is 8.78 Å². The van der Waals surface area contributed by atoms with E-state index in [2.05, 4.69) is 38.0 Å². The van der Waals surface area contributed by atoms with Crippen LogP contribution >= 0.6 is 0 Å². The van der Waals surface area contributed by atoms with Crippen molar-refractivity contribution < 1.29 is 27.8 Å². The van der Waals surface area contributed by atoms with Crippen molar-refractivity contribution in [3.63, 3.8) is 0 Å². The van der Waals surface area contributed by atoms with E-state index < -0.39 is 17.6 Å². The summed E-state index contributed by atoms with van der Waals surface area (Å²) >= 11 is 0. The number of nitrogens with zero attached hydrogens (tertiary/aromatic N) is 3. The van der Waals surface area contributed by atoms with Crippen molar-refractivity contribution in [3.8, 4) is 11.4 Å². The number of hydrogen-bond acceptors (Lipinski definition) is 6. The minimum Gasteiger partial charge on any atom is -0.487 e. The molecule has 0 N–H and O–H groups in total. The SMILES string of the molecule is CC1(C)CC(=O)C2=C(C1)OC1=C(C(=O)CC(C)(C)C1)C2c1ccc(OCc2cn(-c3ccc(F)cc3F)nn2)cc1. The molecular formula is C32H31F2N3O4. The second-order valence-corrected chi connectivity index (χ2v) is 12.7. The lowest BCUT2D eigenvalue weighted by Gasteiger charge is -2.42. The number of ketones is 2. The predicted molar refractivity (Wildman–Crippen MR) is 146 cm³/mol. The number of aromatic nitrogens is 3. The van der Waals surface area contributed by atoms with Crippen molar-refractivity contribution in [2.24, 2.45) is 10.8 Å². The zero-order valence-electron chi connectivity index (χ0n) is 23.5. The highest BCUT2D eigenvalue weighted by Gasteiger charge is 2.47. The highest BCUT2D eigenvalue weighted by Crippen LogP contribution is 2.53. The van der Waals surface area contributed by atoms with Crippen molar-refractivity contribution in [3.05, 3.63) is 94.2 Å². The summed E-state index contributed by atoms with van der Waals surface area (Å²) in [4.78, 5) is 26.9.